The fraction of sp³-hybridized carbons (Fsp3) is 0.211. The number of hydrogen-bond donors (Lipinski definition) is 1. The number of aromatic amines is 1. The van der Waals surface area contributed by atoms with Crippen LogP contribution in [0.1, 0.15) is 27.3 Å². The number of amides is 1. The molecule has 0 aliphatic carbocycles. The smallest absolute Gasteiger partial charge is 0.257 e. The van der Waals surface area contributed by atoms with E-state index in [1.54, 1.807) is 18.5 Å². The fourth-order valence-electron chi connectivity index (χ4n) is 3.04. The Hall–Kier alpha value is -3.42. The molecule has 1 aliphatic rings. The summed E-state index contributed by atoms with van der Waals surface area (Å²) in [7, 11) is 0. The molecule has 1 amide bonds. The van der Waals surface area contributed by atoms with Gasteiger partial charge in [-0.05, 0) is 19.1 Å². The van der Waals surface area contributed by atoms with Gasteiger partial charge in [-0.3, -0.25) is 14.6 Å². The van der Waals surface area contributed by atoms with Gasteiger partial charge in [-0.15, -0.1) is 0 Å². The van der Waals surface area contributed by atoms with Crippen molar-refractivity contribution in [2.75, 3.05) is 6.54 Å². The van der Waals surface area contributed by atoms with Gasteiger partial charge in [0.15, 0.2) is 5.82 Å². The first-order valence-corrected chi connectivity index (χ1v) is 8.48. The molecule has 0 bridgehead atoms. The Morgan fingerprint density at radius 3 is 2.78 bits per heavy atom. The number of aromatic nitrogens is 4. The normalized spacial score (nSPS) is 13.3. The van der Waals surface area contributed by atoms with Crippen molar-refractivity contribution in [3.05, 3.63) is 75.3 Å². The van der Waals surface area contributed by atoms with Crippen molar-refractivity contribution in [1.82, 2.24) is 24.8 Å². The minimum absolute atomic E-state index is 0.00288. The average molecular weight is 365 g/mol. The molecule has 27 heavy (non-hydrogen) atoms. The molecule has 1 N–H and O–H groups in total. The summed E-state index contributed by atoms with van der Waals surface area (Å²) in [5.41, 5.74) is 1.94. The molecule has 1 aromatic carbocycles. The van der Waals surface area contributed by atoms with Crippen molar-refractivity contribution in [2.45, 2.75) is 19.9 Å². The molecule has 3 heterocycles. The zero-order chi connectivity index (χ0) is 19.0. The number of fused-ring (bicyclic) bond motifs is 1. The zero-order valence-electron chi connectivity index (χ0n) is 14.6. The standard InChI is InChI=1S/C19H16FN5O2/c1-11-8-22-16(9-21-11)17-23-15-6-7-25(10-13(15)18(26)24-17)19(27)12-4-2-3-5-14(12)20/h2-5,8-9H,6-7,10H2,1H3,(H,23,24,26). The number of nitrogens with one attached hydrogen (secondary N) is 1. The van der Waals surface area contributed by atoms with Crippen molar-refractivity contribution >= 4 is 5.91 Å². The van der Waals surface area contributed by atoms with Crippen molar-refractivity contribution in [3.8, 4) is 11.5 Å². The number of benzene rings is 1. The summed E-state index contributed by atoms with van der Waals surface area (Å²) in [6, 6.07) is 5.82. The maximum atomic E-state index is 13.9. The van der Waals surface area contributed by atoms with E-state index >= 15 is 0 Å². The predicted molar refractivity (Wildman–Crippen MR) is 95.5 cm³/mol. The third kappa shape index (κ3) is 3.21. The van der Waals surface area contributed by atoms with Crippen LogP contribution in [0.15, 0.2) is 41.5 Å². The van der Waals surface area contributed by atoms with Gasteiger partial charge in [0, 0.05) is 19.2 Å². The van der Waals surface area contributed by atoms with E-state index in [4.69, 9.17) is 0 Å². The maximum Gasteiger partial charge on any atom is 0.257 e. The molecule has 4 rings (SSSR count). The first kappa shape index (κ1) is 17.0. The Morgan fingerprint density at radius 2 is 2.04 bits per heavy atom. The average Bonchev–Trinajstić information content (AvgIpc) is 2.68. The SMILES string of the molecule is Cc1cnc(-c2nc3c(c(=O)[nH]2)CN(C(=O)c2ccccc2F)CC3)cn1. The predicted octanol–water partition coefficient (Wildman–Crippen LogP) is 1.87. The van der Waals surface area contributed by atoms with Gasteiger partial charge in [-0.25, -0.2) is 14.4 Å². The molecule has 2 aromatic heterocycles. The molecule has 0 unspecified atom stereocenters. The lowest BCUT2D eigenvalue weighted by Gasteiger charge is -2.28. The van der Waals surface area contributed by atoms with Crippen LogP contribution in [0.5, 0.6) is 0 Å². The molecule has 1 aliphatic heterocycles. The van der Waals surface area contributed by atoms with Crippen LogP contribution in [0.25, 0.3) is 11.5 Å². The van der Waals surface area contributed by atoms with E-state index in [1.807, 2.05) is 6.92 Å². The molecule has 0 radical (unpaired) electrons. The Bertz CT molecular complexity index is 1080. The number of H-pyrrole nitrogens is 1. The molecular weight excluding hydrogens is 349 g/mol. The van der Waals surface area contributed by atoms with Crippen LogP contribution in [0.4, 0.5) is 4.39 Å². The van der Waals surface area contributed by atoms with Crippen molar-refractivity contribution < 1.29 is 9.18 Å². The lowest BCUT2D eigenvalue weighted by molar-refractivity contribution is 0.0728. The highest BCUT2D eigenvalue weighted by Crippen LogP contribution is 2.19. The Balaban J connectivity index is 1.64. The third-order valence-corrected chi connectivity index (χ3v) is 4.48. The lowest BCUT2D eigenvalue weighted by Crippen LogP contribution is -2.40. The summed E-state index contributed by atoms with van der Waals surface area (Å²) in [4.78, 5) is 42.2. The summed E-state index contributed by atoms with van der Waals surface area (Å²) in [5.74, 6) is -0.666. The second-order valence-electron chi connectivity index (χ2n) is 6.34. The van der Waals surface area contributed by atoms with Gasteiger partial charge in [-0.1, -0.05) is 12.1 Å². The Morgan fingerprint density at radius 1 is 1.22 bits per heavy atom. The molecule has 7 nitrogen and oxygen atoms in total. The zero-order valence-corrected chi connectivity index (χ0v) is 14.6. The molecule has 3 aromatic rings. The Labute approximate surface area is 153 Å². The molecule has 0 saturated carbocycles. The van der Waals surface area contributed by atoms with Crippen molar-refractivity contribution in [2.24, 2.45) is 0 Å². The topological polar surface area (TPSA) is 91.8 Å². The van der Waals surface area contributed by atoms with E-state index in [0.717, 1.165) is 5.69 Å². The molecule has 0 fully saturated rings. The van der Waals surface area contributed by atoms with Crippen LogP contribution < -0.4 is 5.56 Å². The van der Waals surface area contributed by atoms with E-state index in [0.29, 0.717) is 35.7 Å². The molecule has 0 atom stereocenters. The third-order valence-electron chi connectivity index (χ3n) is 4.48. The quantitative estimate of drug-likeness (QED) is 0.749. The highest BCUT2D eigenvalue weighted by Gasteiger charge is 2.26. The van der Waals surface area contributed by atoms with Gasteiger partial charge in [0.2, 0.25) is 0 Å². The monoisotopic (exact) mass is 365 g/mol. The molecule has 136 valence electrons. The summed E-state index contributed by atoms with van der Waals surface area (Å²) in [5, 5.41) is 0. The van der Waals surface area contributed by atoms with E-state index in [2.05, 4.69) is 19.9 Å². The van der Waals surface area contributed by atoms with Gasteiger partial charge in [0.25, 0.3) is 11.5 Å². The van der Waals surface area contributed by atoms with Crippen molar-refractivity contribution in [1.29, 1.82) is 0 Å². The minimum Gasteiger partial charge on any atom is -0.334 e. The molecule has 0 saturated heterocycles. The number of carbonyl (C=O) groups excluding carboxylic acids is 1. The maximum absolute atomic E-state index is 13.9. The highest BCUT2D eigenvalue weighted by atomic mass is 19.1. The summed E-state index contributed by atoms with van der Waals surface area (Å²) >= 11 is 0. The van der Waals surface area contributed by atoms with Gasteiger partial charge >= 0.3 is 0 Å². The first-order valence-electron chi connectivity index (χ1n) is 8.48. The van der Waals surface area contributed by atoms with Gasteiger partial charge in [0.1, 0.15) is 11.5 Å². The second-order valence-corrected chi connectivity index (χ2v) is 6.34. The lowest BCUT2D eigenvalue weighted by atomic mass is 10.1. The summed E-state index contributed by atoms with van der Waals surface area (Å²) in [6.45, 7) is 2.27. The van der Waals surface area contributed by atoms with Crippen LogP contribution in [0.2, 0.25) is 0 Å². The number of aryl methyl sites for hydroxylation is 1. The highest BCUT2D eigenvalue weighted by molar-refractivity contribution is 5.94. The molecular formula is C19H16FN5O2. The number of hydrogen-bond acceptors (Lipinski definition) is 5. The van der Waals surface area contributed by atoms with Gasteiger partial charge in [0.05, 0.1) is 35.3 Å². The van der Waals surface area contributed by atoms with Crippen molar-refractivity contribution in [3.63, 3.8) is 0 Å². The number of halogens is 1. The van der Waals surface area contributed by atoms with Crippen LogP contribution in [0.3, 0.4) is 0 Å². The van der Waals surface area contributed by atoms with E-state index in [1.165, 1.54) is 23.1 Å². The number of carbonyl (C=O) groups is 1. The van der Waals surface area contributed by atoms with E-state index < -0.39 is 11.7 Å². The second kappa shape index (κ2) is 6.71. The van der Waals surface area contributed by atoms with Crippen LogP contribution in [-0.4, -0.2) is 37.3 Å². The first-order chi connectivity index (χ1) is 13.0. The molecule has 8 heteroatoms. The Kier molecular flexibility index (Phi) is 4.23. The van der Waals surface area contributed by atoms with Gasteiger partial charge < -0.3 is 9.88 Å². The van der Waals surface area contributed by atoms with E-state index in [-0.39, 0.29) is 17.7 Å². The van der Waals surface area contributed by atoms with Crippen LogP contribution in [-0.2, 0) is 13.0 Å². The summed E-state index contributed by atoms with van der Waals surface area (Å²) < 4.78 is 13.9. The van der Waals surface area contributed by atoms with Crippen LogP contribution in [0, 0.1) is 12.7 Å². The van der Waals surface area contributed by atoms with Crippen LogP contribution >= 0.6 is 0 Å². The summed E-state index contributed by atoms with van der Waals surface area (Å²) in [6.07, 6.45) is 3.56. The minimum atomic E-state index is -0.575. The number of nitrogens with zero attached hydrogens (tertiary/aromatic N) is 4. The number of rotatable bonds is 2. The molecule has 0 spiro atoms. The largest absolute Gasteiger partial charge is 0.334 e. The fourth-order valence-corrected chi connectivity index (χ4v) is 3.04. The van der Waals surface area contributed by atoms with Gasteiger partial charge in [-0.2, -0.15) is 0 Å². The van der Waals surface area contributed by atoms with E-state index in [9.17, 15) is 14.0 Å².